The number of aliphatic carboxylic acids is 1. The molecule has 19 heavy (non-hydrogen) atoms. The lowest BCUT2D eigenvalue weighted by molar-refractivity contribution is -0.142. The molecule has 1 aliphatic carbocycles. The Bertz CT molecular complexity index is 468. The second kappa shape index (κ2) is 5.24. The summed E-state index contributed by atoms with van der Waals surface area (Å²) in [6.07, 6.45) is 4.37. The quantitative estimate of drug-likeness (QED) is 0.816. The fraction of sp³-hybridized carbons (Fsp3) is 0.562. The molecule has 0 heterocycles. The fourth-order valence-corrected chi connectivity index (χ4v) is 3.45. The topological polar surface area (TPSA) is 63.3 Å². The first kappa shape index (κ1) is 13.9. The number of benzene rings is 1. The maximum atomic E-state index is 11.8. The summed E-state index contributed by atoms with van der Waals surface area (Å²) in [5, 5.41) is 9.68. The van der Waals surface area contributed by atoms with E-state index in [0.29, 0.717) is 5.69 Å². The van der Waals surface area contributed by atoms with Crippen LogP contribution >= 0.6 is 0 Å². The van der Waals surface area contributed by atoms with Crippen molar-refractivity contribution in [2.24, 2.45) is 11.3 Å². The van der Waals surface area contributed by atoms with Crippen LogP contribution in [0.5, 0.6) is 0 Å². The Labute approximate surface area is 114 Å². The zero-order valence-corrected chi connectivity index (χ0v) is 11.7. The Morgan fingerprint density at radius 3 is 2.63 bits per heavy atom. The normalized spacial score (nSPS) is 23.8. The summed E-state index contributed by atoms with van der Waals surface area (Å²) in [7, 11) is 0. The lowest BCUT2D eigenvalue weighted by atomic mass is 9.62. The number of para-hydroxylation sites is 1. The molecule has 3 heteroatoms. The zero-order chi connectivity index (χ0) is 14.0. The molecule has 1 aromatic carbocycles. The molecule has 1 fully saturated rings. The van der Waals surface area contributed by atoms with Gasteiger partial charge < -0.3 is 10.8 Å². The largest absolute Gasteiger partial charge is 0.481 e. The average Bonchev–Trinajstić information content (AvgIpc) is 2.33. The number of nitrogens with two attached hydrogens (primary N) is 1. The molecule has 1 aromatic rings. The van der Waals surface area contributed by atoms with Crippen molar-refractivity contribution < 1.29 is 9.90 Å². The van der Waals surface area contributed by atoms with Crippen LogP contribution in [0.25, 0.3) is 0 Å². The molecule has 1 saturated carbocycles. The van der Waals surface area contributed by atoms with Gasteiger partial charge in [0.15, 0.2) is 0 Å². The van der Waals surface area contributed by atoms with Crippen LogP contribution in [0.2, 0.25) is 0 Å². The minimum Gasteiger partial charge on any atom is -0.481 e. The van der Waals surface area contributed by atoms with Crippen molar-refractivity contribution >= 4 is 11.7 Å². The first-order valence-corrected chi connectivity index (χ1v) is 7.00. The van der Waals surface area contributed by atoms with Gasteiger partial charge in [-0.3, -0.25) is 4.79 Å². The molecule has 0 saturated heterocycles. The molecule has 2 unspecified atom stereocenters. The molecule has 0 radical (unpaired) electrons. The summed E-state index contributed by atoms with van der Waals surface area (Å²) in [6, 6.07) is 7.38. The number of rotatable bonds is 3. The van der Waals surface area contributed by atoms with Crippen molar-refractivity contribution in [1.29, 1.82) is 0 Å². The van der Waals surface area contributed by atoms with Crippen LogP contribution in [-0.2, 0) is 4.79 Å². The van der Waals surface area contributed by atoms with Gasteiger partial charge in [-0.2, -0.15) is 0 Å². The number of anilines is 1. The minimum absolute atomic E-state index is 0.0591. The van der Waals surface area contributed by atoms with E-state index in [0.717, 1.165) is 24.8 Å². The van der Waals surface area contributed by atoms with Crippen molar-refractivity contribution in [3.05, 3.63) is 29.8 Å². The summed E-state index contributed by atoms with van der Waals surface area (Å²) in [4.78, 5) is 11.8. The Morgan fingerprint density at radius 1 is 1.37 bits per heavy atom. The average molecular weight is 261 g/mol. The van der Waals surface area contributed by atoms with E-state index in [1.165, 1.54) is 6.42 Å². The van der Waals surface area contributed by atoms with Crippen molar-refractivity contribution in [3.8, 4) is 0 Å². The van der Waals surface area contributed by atoms with E-state index < -0.39 is 11.9 Å². The van der Waals surface area contributed by atoms with Crippen LogP contribution in [0.1, 0.15) is 51.0 Å². The maximum absolute atomic E-state index is 11.8. The Morgan fingerprint density at radius 2 is 2.05 bits per heavy atom. The summed E-state index contributed by atoms with van der Waals surface area (Å²) < 4.78 is 0. The molecule has 0 amide bonds. The number of hydrogen-bond acceptors (Lipinski definition) is 2. The van der Waals surface area contributed by atoms with Crippen LogP contribution in [0, 0.1) is 11.3 Å². The molecule has 0 aromatic heterocycles. The smallest absolute Gasteiger partial charge is 0.311 e. The molecule has 2 rings (SSSR count). The van der Waals surface area contributed by atoms with E-state index in [1.807, 2.05) is 18.2 Å². The predicted octanol–water partition coefficient (Wildman–Crippen LogP) is 3.65. The SMILES string of the molecule is CC1(C)CCCCC1C(C(=O)O)c1ccccc1N. The molecular formula is C16H23NO2. The van der Waals surface area contributed by atoms with Gasteiger partial charge in [-0.25, -0.2) is 0 Å². The summed E-state index contributed by atoms with van der Waals surface area (Å²) in [6.45, 7) is 4.37. The first-order valence-electron chi connectivity index (χ1n) is 7.00. The van der Waals surface area contributed by atoms with Gasteiger partial charge in [-0.05, 0) is 35.8 Å². The fourth-order valence-electron chi connectivity index (χ4n) is 3.45. The third kappa shape index (κ3) is 2.75. The molecule has 0 bridgehead atoms. The van der Waals surface area contributed by atoms with E-state index >= 15 is 0 Å². The Hall–Kier alpha value is -1.51. The van der Waals surface area contributed by atoms with Crippen LogP contribution < -0.4 is 5.73 Å². The van der Waals surface area contributed by atoms with Crippen LogP contribution in [-0.4, -0.2) is 11.1 Å². The first-order chi connectivity index (χ1) is 8.93. The van der Waals surface area contributed by atoms with E-state index in [9.17, 15) is 9.90 Å². The van der Waals surface area contributed by atoms with Gasteiger partial charge in [0.05, 0.1) is 5.92 Å². The number of nitrogen functional groups attached to an aromatic ring is 1. The van der Waals surface area contributed by atoms with Crippen molar-refractivity contribution in [2.45, 2.75) is 45.4 Å². The number of hydrogen-bond donors (Lipinski definition) is 2. The van der Waals surface area contributed by atoms with Crippen LogP contribution in [0.4, 0.5) is 5.69 Å². The Balaban J connectivity index is 2.41. The summed E-state index contributed by atoms with van der Waals surface area (Å²) in [5.74, 6) is -1.09. The molecule has 3 nitrogen and oxygen atoms in total. The van der Waals surface area contributed by atoms with E-state index in [4.69, 9.17) is 5.73 Å². The van der Waals surface area contributed by atoms with Gasteiger partial charge in [0.1, 0.15) is 0 Å². The highest BCUT2D eigenvalue weighted by molar-refractivity contribution is 5.79. The highest BCUT2D eigenvalue weighted by Crippen LogP contribution is 2.48. The zero-order valence-electron chi connectivity index (χ0n) is 11.7. The van der Waals surface area contributed by atoms with Gasteiger partial charge in [-0.15, -0.1) is 0 Å². The molecular weight excluding hydrogens is 238 g/mol. The minimum atomic E-state index is -0.752. The molecule has 2 atom stereocenters. The van der Waals surface area contributed by atoms with Crippen LogP contribution in [0.15, 0.2) is 24.3 Å². The lowest BCUT2D eigenvalue weighted by Gasteiger charge is -2.42. The van der Waals surface area contributed by atoms with Gasteiger partial charge in [0, 0.05) is 5.69 Å². The molecule has 1 aliphatic rings. The van der Waals surface area contributed by atoms with Gasteiger partial charge in [0.2, 0.25) is 0 Å². The molecule has 104 valence electrons. The molecule has 0 spiro atoms. The van der Waals surface area contributed by atoms with E-state index in [2.05, 4.69) is 13.8 Å². The van der Waals surface area contributed by atoms with Crippen molar-refractivity contribution in [1.82, 2.24) is 0 Å². The second-order valence-electron chi connectivity index (χ2n) is 6.29. The summed E-state index contributed by atoms with van der Waals surface area (Å²) >= 11 is 0. The summed E-state index contributed by atoms with van der Waals surface area (Å²) in [5.41, 5.74) is 7.42. The third-order valence-electron chi connectivity index (χ3n) is 4.59. The molecule has 3 N–H and O–H groups in total. The monoisotopic (exact) mass is 261 g/mol. The van der Waals surface area contributed by atoms with Gasteiger partial charge >= 0.3 is 5.97 Å². The standard InChI is InChI=1S/C16H23NO2/c1-16(2)10-6-5-8-12(16)14(15(18)19)11-7-3-4-9-13(11)17/h3-4,7,9,12,14H,5-6,8,10,17H2,1-2H3,(H,18,19). The number of carbonyl (C=O) groups is 1. The van der Waals surface area contributed by atoms with Gasteiger partial charge in [0.25, 0.3) is 0 Å². The number of carboxylic acid groups (broad SMARTS) is 1. The highest BCUT2D eigenvalue weighted by atomic mass is 16.4. The van der Waals surface area contributed by atoms with E-state index in [1.54, 1.807) is 6.07 Å². The third-order valence-corrected chi connectivity index (χ3v) is 4.59. The van der Waals surface area contributed by atoms with Gasteiger partial charge in [-0.1, -0.05) is 44.9 Å². The van der Waals surface area contributed by atoms with Crippen LogP contribution in [0.3, 0.4) is 0 Å². The Kier molecular flexibility index (Phi) is 3.83. The van der Waals surface area contributed by atoms with Crippen molar-refractivity contribution in [2.75, 3.05) is 5.73 Å². The maximum Gasteiger partial charge on any atom is 0.311 e. The highest BCUT2D eigenvalue weighted by Gasteiger charge is 2.42. The number of carboxylic acids is 1. The lowest BCUT2D eigenvalue weighted by Crippen LogP contribution is -2.36. The predicted molar refractivity (Wildman–Crippen MR) is 77.0 cm³/mol. The molecule has 0 aliphatic heterocycles. The van der Waals surface area contributed by atoms with Crippen molar-refractivity contribution in [3.63, 3.8) is 0 Å². The van der Waals surface area contributed by atoms with E-state index in [-0.39, 0.29) is 11.3 Å². The second-order valence-corrected chi connectivity index (χ2v) is 6.29.